The van der Waals surface area contributed by atoms with Crippen molar-refractivity contribution in [1.82, 2.24) is 4.31 Å². The second kappa shape index (κ2) is 10.3. The number of nitrogens with zero attached hydrogens (tertiary/aromatic N) is 2. The van der Waals surface area contributed by atoms with Gasteiger partial charge in [0.2, 0.25) is 0 Å². The normalized spacial score (nSPS) is 17.4. The minimum Gasteiger partial charge on any atom is -0.479 e. The number of hydrogen-bond acceptors (Lipinski definition) is 4. The number of halogens is 1. The van der Waals surface area contributed by atoms with Crippen LogP contribution in [0.5, 0.6) is 0 Å². The van der Waals surface area contributed by atoms with Gasteiger partial charge in [0.1, 0.15) is 5.82 Å². The van der Waals surface area contributed by atoms with E-state index in [2.05, 4.69) is 0 Å². The van der Waals surface area contributed by atoms with Crippen LogP contribution >= 0.6 is 0 Å². The smallest absolute Gasteiger partial charge is 0.337 e. The lowest BCUT2D eigenvalue weighted by Crippen LogP contribution is -2.50. The third-order valence-electron chi connectivity index (χ3n) is 7.54. The molecule has 212 valence electrons. The molecule has 0 spiro atoms. The summed E-state index contributed by atoms with van der Waals surface area (Å²) in [5.74, 6) is -1.50. The number of hydrogen-bond donors (Lipinski definition) is 1. The van der Waals surface area contributed by atoms with Gasteiger partial charge in [0.15, 0.2) is 6.10 Å². The van der Waals surface area contributed by atoms with E-state index in [1.54, 1.807) is 12.1 Å². The summed E-state index contributed by atoms with van der Waals surface area (Å²) in [7, 11) is -3.92. The van der Waals surface area contributed by atoms with Crippen molar-refractivity contribution in [2.75, 3.05) is 10.8 Å². The molecule has 0 aliphatic carbocycles. The standard InChI is InChI=1S/C31H35FN2O5S/c1-19-8-12-22(13-9-19)26-20(2)25-18-33(17-21-10-14-23(32)15-11-21)40(37,38)34-16-6-7-24(28(25)34)27(26)29(30(35)36)39-31(3,4)5/h8-15,29H,6-7,16-18H2,1-5H3,(H,35,36). The number of aliphatic carboxylic acids is 1. The number of rotatable bonds is 6. The molecule has 1 N–H and O–H groups in total. The summed E-state index contributed by atoms with van der Waals surface area (Å²) in [5.41, 5.74) is 6.13. The van der Waals surface area contributed by atoms with Crippen LogP contribution in [0.4, 0.5) is 10.1 Å². The molecule has 1 atom stereocenters. The zero-order valence-electron chi connectivity index (χ0n) is 23.5. The Morgan fingerprint density at radius 3 is 2.30 bits per heavy atom. The summed E-state index contributed by atoms with van der Waals surface area (Å²) in [6, 6.07) is 13.8. The van der Waals surface area contributed by atoms with Crippen LogP contribution in [0.2, 0.25) is 0 Å². The molecule has 0 bridgehead atoms. The van der Waals surface area contributed by atoms with Crippen molar-refractivity contribution < 1.29 is 27.4 Å². The summed E-state index contributed by atoms with van der Waals surface area (Å²) in [6.45, 7) is 9.89. The van der Waals surface area contributed by atoms with Crippen LogP contribution in [0.3, 0.4) is 0 Å². The summed E-state index contributed by atoms with van der Waals surface area (Å²) in [5, 5.41) is 10.4. The molecule has 3 aromatic carbocycles. The van der Waals surface area contributed by atoms with Gasteiger partial charge < -0.3 is 9.84 Å². The molecule has 1 unspecified atom stereocenters. The lowest BCUT2D eigenvalue weighted by Gasteiger charge is -2.43. The molecule has 9 heteroatoms. The van der Waals surface area contributed by atoms with Gasteiger partial charge in [-0.15, -0.1) is 0 Å². The lowest BCUT2D eigenvalue weighted by molar-refractivity contribution is -0.160. The molecule has 0 saturated heterocycles. The Morgan fingerprint density at radius 2 is 1.70 bits per heavy atom. The minimum atomic E-state index is -3.92. The summed E-state index contributed by atoms with van der Waals surface area (Å²) < 4.78 is 50.4. The van der Waals surface area contributed by atoms with Crippen molar-refractivity contribution in [3.63, 3.8) is 0 Å². The number of carboxylic acids is 1. The first-order valence-corrected chi connectivity index (χ1v) is 14.9. The quantitative estimate of drug-likeness (QED) is 0.392. The van der Waals surface area contributed by atoms with Crippen LogP contribution in [-0.2, 0) is 39.3 Å². The molecule has 0 saturated carbocycles. The van der Waals surface area contributed by atoms with E-state index >= 15 is 0 Å². The average molecular weight is 567 g/mol. The lowest BCUT2D eigenvalue weighted by atomic mass is 9.81. The molecule has 2 aliphatic heterocycles. The first-order chi connectivity index (χ1) is 18.8. The fourth-order valence-corrected chi connectivity index (χ4v) is 7.47. The van der Waals surface area contributed by atoms with Crippen LogP contribution in [0.1, 0.15) is 66.7 Å². The van der Waals surface area contributed by atoms with Crippen LogP contribution in [0.15, 0.2) is 48.5 Å². The highest BCUT2D eigenvalue weighted by Crippen LogP contribution is 2.49. The maximum Gasteiger partial charge on any atom is 0.337 e. The van der Waals surface area contributed by atoms with Crippen LogP contribution in [-0.4, -0.2) is 35.9 Å². The SMILES string of the molecule is Cc1ccc(-c2c(C)c3c4c(c2C(OC(C)(C)C)C(=O)O)CCCN4S(=O)(=O)N(Cc2ccc(F)cc2)C3)cc1. The molecular formula is C31H35FN2O5S. The molecular weight excluding hydrogens is 531 g/mol. The monoisotopic (exact) mass is 566 g/mol. The summed E-state index contributed by atoms with van der Waals surface area (Å²) in [4.78, 5) is 12.8. The number of anilines is 1. The van der Waals surface area contributed by atoms with E-state index in [-0.39, 0.29) is 18.9 Å². The molecule has 2 aliphatic rings. The van der Waals surface area contributed by atoms with E-state index < -0.39 is 27.9 Å². The average Bonchev–Trinajstić information content (AvgIpc) is 2.88. The predicted octanol–water partition coefficient (Wildman–Crippen LogP) is 6.06. The molecule has 0 radical (unpaired) electrons. The summed E-state index contributed by atoms with van der Waals surface area (Å²) >= 11 is 0. The molecule has 0 amide bonds. The van der Waals surface area contributed by atoms with E-state index in [9.17, 15) is 22.7 Å². The third kappa shape index (κ3) is 5.13. The second-order valence-corrected chi connectivity index (χ2v) is 13.5. The highest BCUT2D eigenvalue weighted by Gasteiger charge is 2.44. The number of carboxylic acid groups (broad SMARTS) is 1. The molecule has 7 nitrogen and oxygen atoms in total. The number of benzene rings is 3. The van der Waals surface area contributed by atoms with Crippen molar-refractivity contribution >= 4 is 21.9 Å². The summed E-state index contributed by atoms with van der Waals surface area (Å²) in [6.07, 6.45) is -0.199. The predicted molar refractivity (Wildman–Crippen MR) is 153 cm³/mol. The van der Waals surface area contributed by atoms with Gasteiger partial charge in [0, 0.05) is 25.2 Å². The Labute approximate surface area is 235 Å². The molecule has 0 fully saturated rings. The first-order valence-electron chi connectivity index (χ1n) is 13.5. The van der Waals surface area contributed by atoms with Crippen molar-refractivity contribution in [3.05, 3.63) is 87.7 Å². The van der Waals surface area contributed by atoms with E-state index in [0.717, 1.165) is 27.8 Å². The van der Waals surface area contributed by atoms with Gasteiger partial charge in [-0.25, -0.2) is 9.18 Å². The number of aryl methyl sites for hydroxylation is 1. The number of ether oxygens (including phenoxy) is 1. The van der Waals surface area contributed by atoms with Crippen LogP contribution in [0.25, 0.3) is 11.1 Å². The topological polar surface area (TPSA) is 87.1 Å². The molecule has 0 aromatic heterocycles. The van der Waals surface area contributed by atoms with Crippen LogP contribution < -0.4 is 4.31 Å². The zero-order valence-corrected chi connectivity index (χ0v) is 24.3. The van der Waals surface area contributed by atoms with E-state index in [1.807, 2.05) is 58.9 Å². The van der Waals surface area contributed by atoms with Crippen molar-refractivity contribution in [2.24, 2.45) is 0 Å². The van der Waals surface area contributed by atoms with Gasteiger partial charge in [-0.2, -0.15) is 12.7 Å². The van der Waals surface area contributed by atoms with Gasteiger partial charge in [0.25, 0.3) is 0 Å². The Balaban J connectivity index is 1.77. The van der Waals surface area contributed by atoms with Gasteiger partial charge in [-0.05, 0) is 93.0 Å². The Kier molecular flexibility index (Phi) is 7.27. The Morgan fingerprint density at radius 1 is 1.05 bits per heavy atom. The van der Waals surface area contributed by atoms with Gasteiger partial charge in [-0.3, -0.25) is 4.31 Å². The van der Waals surface area contributed by atoms with E-state index in [4.69, 9.17) is 4.74 Å². The van der Waals surface area contributed by atoms with Crippen molar-refractivity contribution in [3.8, 4) is 11.1 Å². The van der Waals surface area contributed by atoms with Gasteiger partial charge in [-0.1, -0.05) is 42.0 Å². The largest absolute Gasteiger partial charge is 0.479 e. The molecule has 2 heterocycles. The Bertz CT molecular complexity index is 1560. The van der Waals surface area contributed by atoms with E-state index in [0.29, 0.717) is 41.8 Å². The van der Waals surface area contributed by atoms with Crippen molar-refractivity contribution in [2.45, 2.75) is 72.3 Å². The minimum absolute atomic E-state index is 0.0971. The maximum absolute atomic E-state index is 13.9. The van der Waals surface area contributed by atoms with Gasteiger partial charge in [0.05, 0.1) is 11.3 Å². The molecule has 3 aromatic rings. The van der Waals surface area contributed by atoms with Crippen molar-refractivity contribution in [1.29, 1.82) is 0 Å². The third-order valence-corrected chi connectivity index (χ3v) is 9.37. The molecule has 40 heavy (non-hydrogen) atoms. The Hall–Kier alpha value is -3.27. The fourth-order valence-electron chi connectivity index (χ4n) is 5.78. The fraction of sp³-hybridized carbons (Fsp3) is 0.387. The maximum atomic E-state index is 13.9. The highest BCUT2D eigenvalue weighted by atomic mass is 32.2. The highest BCUT2D eigenvalue weighted by molar-refractivity contribution is 7.90. The second-order valence-electron chi connectivity index (χ2n) is 11.6. The number of carbonyl (C=O) groups is 1. The molecule has 5 rings (SSSR count). The zero-order chi connectivity index (χ0) is 29.0. The van der Waals surface area contributed by atoms with E-state index in [1.165, 1.54) is 20.7 Å². The van der Waals surface area contributed by atoms with Gasteiger partial charge >= 0.3 is 16.2 Å². The van der Waals surface area contributed by atoms with Crippen LogP contribution in [0, 0.1) is 19.7 Å². The first kappa shape index (κ1) is 28.3.